The summed E-state index contributed by atoms with van der Waals surface area (Å²) in [4.78, 5) is 6.65. The predicted octanol–water partition coefficient (Wildman–Crippen LogP) is 2.50. The monoisotopic (exact) mass is 204 g/mol. The second kappa shape index (κ2) is 5.86. The van der Waals surface area contributed by atoms with E-state index in [9.17, 15) is 0 Å². The van der Waals surface area contributed by atoms with Crippen molar-refractivity contribution in [1.29, 1.82) is 0 Å². The van der Waals surface area contributed by atoms with Crippen molar-refractivity contribution in [2.24, 2.45) is 0 Å². The van der Waals surface area contributed by atoms with Gasteiger partial charge in [-0.25, -0.2) is 0 Å². The molecule has 1 aliphatic rings. The molecule has 0 amide bonds. The number of pyridine rings is 1. The summed E-state index contributed by atoms with van der Waals surface area (Å²) < 4.78 is 0. The molecular weight excluding hydrogens is 184 g/mol. The first-order valence-corrected chi connectivity index (χ1v) is 6.06. The molecule has 0 saturated carbocycles. The fourth-order valence-corrected chi connectivity index (χ4v) is 2.20. The van der Waals surface area contributed by atoms with Gasteiger partial charge in [0.25, 0.3) is 0 Å². The summed E-state index contributed by atoms with van der Waals surface area (Å²) in [6.07, 6.45) is 10.6. The summed E-state index contributed by atoms with van der Waals surface area (Å²) in [5.41, 5.74) is 1.41. The minimum absolute atomic E-state index is 1.17. The van der Waals surface area contributed by atoms with Crippen molar-refractivity contribution >= 4 is 0 Å². The number of hydrogen-bond acceptors (Lipinski definition) is 2. The van der Waals surface area contributed by atoms with Gasteiger partial charge in [0.2, 0.25) is 0 Å². The molecule has 0 unspecified atom stereocenters. The van der Waals surface area contributed by atoms with E-state index in [1.165, 1.54) is 57.3 Å². The van der Waals surface area contributed by atoms with Crippen molar-refractivity contribution in [2.75, 3.05) is 19.6 Å². The van der Waals surface area contributed by atoms with Gasteiger partial charge in [-0.1, -0.05) is 12.8 Å². The van der Waals surface area contributed by atoms with Gasteiger partial charge in [0.15, 0.2) is 0 Å². The third-order valence-corrected chi connectivity index (χ3v) is 3.16. The van der Waals surface area contributed by atoms with Gasteiger partial charge >= 0.3 is 0 Å². The number of hydrogen-bond donors (Lipinski definition) is 0. The Labute approximate surface area is 92.3 Å². The molecule has 15 heavy (non-hydrogen) atoms. The van der Waals surface area contributed by atoms with E-state index in [1.54, 1.807) is 0 Å². The van der Waals surface area contributed by atoms with E-state index in [4.69, 9.17) is 0 Å². The van der Waals surface area contributed by atoms with Crippen LogP contribution >= 0.6 is 0 Å². The Kier molecular flexibility index (Phi) is 4.15. The van der Waals surface area contributed by atoms with Gasteiger partial charge in [0, 0.05) is 18.9 Å². The quantitative estimate of drug-likeness (QED) is 0.752. The Hall–Kier alpha value is -0.890. The summed E-state index contributed by atoms with van der Waals surface area (Å²) in [5.74, 6) is 0. The minimum atomic E-state index is 1.17. The maximum Gasteiger partial charge on any atom is 0.0270 e. The van der Waals surface area contributed by atoms with Crippen molar-refractivity contribution < 1.29 is 0 Å². The molecule has 1 saturated heterocycles. The number of rotatable bonds is 3. The van der Waals surface area contributed by atoms with E-state index in [1.807, 2.05) is 12.4 Å². The van der Waals surface area contributed by atoms with Crippen molar-refractivity contribution in [3.8, 4) is 0 Å². The molecule has 1 fully saturated rings. The van der Waals surface area contributed by atoms with Crippen LogP contribution in [0.2, 0.25) is 0 Å². The lowest BCUT2D eigenvalue weighted by atomic mass is 10.2. The second-order valence-electron chi connectivity index (χ2n) is 4.36. The second-order valence-corrected chi connectivity index (χ2v) is 4.36. The molecule has 0 N–H and O–H groups in total. The van der Waals surface area contributed by atoms with E-state index in [0.717, 1.165) is 0 Å². The first-order chi connectivity index (χ1) is 7.45. The first-order valence-electron chi connectivity index (χ1n) is 6.06. The van der Waals surface area contributed by atoms with Crippen LogP contribution in [0.15, 0.2) is 24.5 Å². The lowest BCUT2D eigenvalue weighted by Crippen LogP contribution is -2.26. The van der Waals surface area contributed by atoms with Gasteiger partial charge in [0.1, 0.15) is 0 Å². The van der Waals surface area contributed by atoms with Crippen LogP contribution in [0.3, 0.4) is 0 Å². The molecular formula is C13H20N2. The summed E-state index contributed by atoms with van der Waals surface area (Å²) in [6, 6.07) is 4.25. The molecule has 0 atom stereocenters. The standard InChI is InChI=1S/C13H20N2/c1-2-4-11-15(10-3-1)12-7-13-5-8-14-9-6-13/h5-6,8-9H,1-4,7,10-12H2. The molecule has 0 aliphatic carbocycles. The van der Waals surface area contributed by atoms with Gasteiger partial charge in [-0.3, -0.25) is 4.98 Å². The molecule has 82 valence electrons. The molecule has 2 nitrogen and oxygen atoms in total. The largest absolute Gasteiger partial charge is 0.303 e. The average molecular weight is 204 g/mol. The Morgan fingerprint density at radius 3 is 2.33 bits per heavy atom. The van der Waals surface area contributed by atoms with Crippen LogP contribution in [0.5, 0.6) is 0 Å². The van der Waals surface area contributed by atoms with Crippen molar-refractivity contribution in [3.05, 3.63) is 30.1 Å². The molecule has 1 aliphatic heterocycles. The summed E-state index contributed by atoms with van der Waals surface area (Å²) >= 11 is 0. The van der Waals surface area contributed by atoms with Crippen LogP contribution in [-0.2, 0) is 6.42 Å². The molecule has 0 bridgehead atoms. The third-order valence-electron chi connectivity index (χ3n) is 3.16. The highest BCUT2D eigenvalue weighted by Gasteiger charge is 2.08. The smallest absolute Gasteiger partial charge is 0.0270 e. The zero-order valence-corrected chi connectivity index (χ0v) is 9.36. The molecule has 1 aromatic heterocycles. The maximum atomic E-state index is 4.04. The molecule has 2 rings (SSSR count). The van der Waals surface area contributed by atoms with E-state index in [2.05, 4.69) is 22.0 Å². The molecule has 0 spiro atoms. The van der Waals surface area contributed by atoms with Gasteiger partial charge in [0.05, 0.1) is 0 Å². The first kappa shape index (κ1) is 10.6. The minimum Gasteiger partial charge on any atom is -0.303 e. The van der Waals surface area contributed by atoms with Crippen molar-refractivity contribution in [1.82, 2.24) is 9.88 Å². The Bertz CT molecular complexity index is 263. The fourth-order valence-electron chi connectivity index (χ4n) is 2.20. The third kappa shape index (κ3) is 3.63. The summed E-state index contributed by atoms with van der Waals surface area (Å²) in [7, 11) is 0. The fraction of sp³-hybridized carbons (Fsp3) is 0.615. The van der Waals surface area contributed by atoms with Crippen LogP contribution in [0.1, 0.15) is 31.2 Å². The van der Waals surface area contributed by atoms with Gasteiger partial charge in [-0.15, -0.1) is 0 Å². The van der Waals surface area contributed by atoms with Gasteiger partial charge in [-0.2, -0.15) is 0 Å². The highest BCUT2D eigenvalue weighted by atomic mass is 15.1. The molecule has 2 heterocycles. The van der Waals surface area contributed by atoms with E-state index < -0.39 is 0 Å². The normalized spacial score (nSPS) is 18.7. The van der Waals surface area contributed by atoms with Gasteiger partial charge < -0.3 is 4.90 Å². The Morgan fingerprint density at radius 1 is 1.00 bits per heavy atom. The predicted molar refractivity (Wildman–Crippen MR) is 62.8 cm³/mol. The molecule has 0 aromatic carbocycles. The number of nitrogens with zero attached hydrogens (tertiary/aromatic N) is 2. The van der Waals surface area contributed by atoms with Gasteiger partial charge in [-0.05, 0) is 50.0 Å². The zero-order valence-electron chi connectivity index (χ0n) is 9.36. The van der Waals surface area contributed by atoms with E-state index in [0.29, 0.717) is 0 Å². The molecule has 1 aromatic rings. The lowest BCUT2D eigenvalue weighted by molar-refractivity contribution is 0.289. The number of likely N-dealkylation sites (tertiary alicyclic amines) is 1. The molecule has 0 radical (unpaired) electrons. The summed E-state index contributed by atoms with van der Waals surface area (Å²) in [5, 5.41) is 0. The average Bonchev–Trinajstić information content (AvgIpc) is 2.56. The summed E-state index contributed by atoms with van der Waals surface area (Å²) in [6.45, 7) is 3.81. The van der Waals surface area contributed by atoms with Crippen LogP contribution < -0.4 is 0 Å². The number of aromatic nitrogens is 1. The zero-order chi connectivity index (χ0) is 10.3. The van der Waals surface area contributed by atoms with Crippen LogP contribution in [0.4, 0.5) is 0 Å². The SMILES string of the molecule is c1cc(CCN2CCCCCC2)ccn1. The Morgan fingerprint density at radius 2 is 1.67 bits per heavy atom. The van der Waals surface area contributed by atoms with Crippen molar-refractivity contribution in [2.45, 2.75) is 32.1 Å². The Balaban J connectivity index is 1.77. The molecule has 2 heteroatoms. The van der Waals surface area contributed by atoms with Crippen molar-refractivity contribution in [3.63, 3.8) is 0 Å². The van der Waals surface area contributed by atoms with E-state index >= 15 is 0 Å². The van der Waals surface area contributed by atoms with Crippen LogP contribution in [0, 0.1) is 0 Å². The topological polar surface area (TPSA) is 16.1 Å². The van der Waals surface area contributed by atoms with Crippen LogP contribution in [0.25, 0.3) is 0 Å². The lowest BCUT2D eigenvalue weighted by Gasteiger charge is -2.19. The highest BCUT2D eigenvalue weighted by molar-refractivity contribution is 5.09. The van der Waals surface area contributed by atoms with Crippen LogP contribution in [-0.4, -0.2) is 29.5 Å². The maximum absolute atomic E-state index is 4.04. The highest BCUT2D eigenvalue weighted by Crippen LogP contribution is 2.10. The van der Waals surface area contributed by atoms with E-state index in [-0.39, 0.29) is 0 Å².